The van der Waals surface area contributed by atoms with Gasteiger partial charge in [-0.25, -0.2) is 4.79 Å². The molecule has 0 aromatic carbocycles. The minimum absolute atomic E-state index is 0.0199. The predicted octanol–water partition coefficient (Wildman–Crippen LogP) is 1.73. The Labute approximate surface area is 147 Å². The average Bonchev–Trinajstić information content (AvgIpc) is 2.96. The van der Waals surface area contributed by atoms with Gasteiger partial charge in [-0.3, -0.25) is 19.9 Å². The van der Waals surface area contributed by atoms with Gasteiger partial charge in [0.05, 0.1) is 12.2 Å². The summed E-state index contributed by atoms with van der Waals surface area (Å²) in [4.78, 5) is 41.9. The highest BCUT2D eigenvalue weighted by Gasteiger charge is 2.31. The van der Waals surface area contributed by atoms with Gasteiger partial charge in [0.1, 0.15) is 6.04 Å². The zero-order valence-electron chi connectivity index (χ0n) is 14.2. The van der Waals surface area contributed by atoms with Crippen LogP contribution in [-0.2, 0) is 16.1 Å². The molecule has 2 aliphatic rings. The summed E-state index contributed by atoms with van der Waals surface area (Å²) in [6.45, 7) is 0.494. The summed E-state index contributed by atoms with van der Waals surface area (Å²) in [5, 5.41) is 4.74. The number of nitrogens with zero attached hydrogens (tertiary/aromatic N) is 2. The van der Waals surface area contributed by atoms with Gasteiger partial charge in [0.2, 0.25) is 5.91 Å². The van der Waals surface area contributed by atoms with Crippen LogP contribution in [0.15, 0.2) is 24.4 Å². The Kier molecular flexibility index (Phi) is 5.63. The monoisotopic (exact) mass is 344 g/mol. The van der Waals surface area contributed by atoms with Crippen LogP contribution in [0.25, 0.3) is 0 Å². The van der Waals surface area contributed by atoms with Crippen molar-refractivity contribution in [1.82, 2.24) is 20.5 Å². The fourth-order valence-electron chi connectivity index (χ4n) is 3.55. The van der Waals surface area contributed by atoms with E-state index in [9.17, 15) is 14.4 Å². The molecule has 2 heterocycles. The van der Waals surface area contributed by atoms with Crippen LogP contribution in [0.4, 0.5) is 4.79 Å². The lowest BCUT2D eigenvalue weighted by molar-refractivity contribution is -0.135. The number of imide groups is 1. The lowest BCUT2D eigenvalue weighted by atomic mass is 9.93. The Morgan fingerprint density at radius 1 is 1.20 bits per heavy atom. The van der Waals surface area contributed by atoms with Gasteiger partial charge in [-0.05, 0) is 31.4 Å². The van der Waals surface area contributed by atoms with E-state index in [0.29, 0.717) is 13.0 Å². The van der Waals surface area contributed by atoms with Crippen LogP contribution < -0.4 is 10.6 Å². The van der Waals surface area contributed by atoms with E-state index < -0.39 is 12.1 Å². The number of urea groups is 1. The van der Waals surface area contributed by atoms with Crippen LogP contribution in [0, 0.1) is 0 Å². The van der Waals surface area contributed by atoms with Gasteiger partial charge < -0.3 is 10.2 Å². The highest BCUT2D eigenvalue weighted by atomic mass is 16.2. The zero-order valence-corrected chi connectivity index (χ0v) is 14.2. The Balaban J connectivity index is 1.64. The number of aromatic nitrogens is 1. The maximum atomic E-state index is 12.8. The molecule has 7 heteroatoms. The number of hydrogen-bond acceptors (Lipinski definition) is 4. The van der Waals surface area contributed by atoms with Crippen LogP contribution in [0.5, 0.6) is 0 Å². The van der Waals surface area contributed by atoms with E-state index in [0.717, 1.165) is 31.4 Å². The predicted molar refractivity (Wildman–Crippen MR) is 91.4 cm³/mol. The maximum absolute atomic E-state index is 12.8. The summed E-state index contributed by atoms with van der Waals surface area (Å²) in [5.41, 5.74) is 0.869. The molecule has 1 aromatic rings. The quantitative estimate of drug-likeness (QED) is 0.769. The number of carbonyl (C=O) groups is 3. The van der Waals surface area contributed by atoms with E-state index in [1.807, 2.05) is 23.1 Å². The maximum Gasteiger partial charge on any atom is 0.322 e. The molecule has 0 unspecified atom stereocenters. The normalized spacial score (nSPS) is 20.9. The van der Waals surface area contributed by atoms with Gasteiger partial charge >= 0.3 is 6.03 Å². The van der Waals surface area contributed by atoms with Crippen molar-refractivity contribution in [3.63, 3.8) is 0 Å². The van der Waals surface area contributed by atoms with Gasteiger partial charge in [0.15, 0.2) is 0 Å². The Morgan fingerprint density at radius 3 is 2.64 bits per heavy atom. The Morgan fingerprint density at radius 2 is 2.00 bits per heavy atom. The van der Waals surface area contributed by atoms with E-state index >= 15 is 0 Å². The van der Waals surface area contributed by atoms with Gasteiger partial charge in [0, 0.05) is 18.7 Å². The minimum Gasteiger partial charge on any atom is -0.334 e. The first-order valence-corrected chi connectivity index (χ1v) is 8.94. The van der Waals surface area contributed by atoms with Crippen LogP contribution in [0.1, 0.15) is 50.6 Å². The third-order valence-electron chi connectivity index (χ3n) is 4.90. The molecule has 1 saturated heterocycles. The zero-order chi connectivity index (χ0) is 17.6. The number of nitrogens with one attached hydrogen (secondary N) is 2. The lowest BCUT2D eigenvalue weighted by Gasteiger charge is -2.34. The number of amides is 4. The standard InChI is InChI=1S/C18H24N4O3/c23-16(10-9-15-17(24)21-18(25)20-15)22(14-7-2-1-3-8-14)12-13-6-4-5-11-19-13/h4-6,11,14-15H,1-3,7-10,12H2,(H2,20,21,24,25)/t15-/m0/s1. The number of carbonyl (C=O) groups excluding carboxylic acids is 3. The van der Waals surface area contributed by atoms with Crippen molar-refractivity contribution in [2.45, 2.75) is 63.6 Å². The van der Waals surface area contributed by atoms with Crippen LogP contribution in [0.3, 0.4) is 0 Å². The fourth-order valence-corrected chi connectivity index (χ4v) is 3.55. The first-order valence-electron chi connectivity index (χ1n) is 8.94. The molecule has 1 saturated carbocycles. The first-order chi connectivity index (χ1) is 12.1. The molecule has 3 rings (SSSR count). The smallest absolute Gasteiger partial charge is 0.322 e. The molecule has 2 N–H and O–H groups in total. The molecule has 0 spiro atoms. The average molecular weight is 344 g/mol. The fraction of sp³-hybridized carbons (Fsp3) is 0.556. The highest BCUT2D eigenvalue weighted by Crippen LogP contribution is 2.25. The first kappa shape index (κ1) is 17.4. The molecule has 7 nitrogen and oxygen atoms in total. The Hall–Kier alpha value is -2.44. The highest BCUT2D eigenvalue weighted by molar-refractivity contribution is 6.04. The molecular weight excluding hydrogens is 320 g/mol. The Bertz CT molecular complexity index is 628. The van der Waals surface area contributed by atoms with E-state index in [1.54, 1.807) is 6.20 Å². The third kappa shape index (κ3) is 4.55. The van der Waals surface area contributed by atoms with E-state index in [-0.39, 0.29) is 24.3 Å². The van der Waals surface area contributed by atoms with Crippen molar-refractivity contribution in [2.75, 3.05) is 0 Å². The van der Waals surface area contributed by atoms with E-state index in [4.69, 9.17) is 0 Å². The molecule has 2 fully saturated rings. The molecule has 1 aliphatic heterocycles. The van der Waals surface area contributed by atoms with Crippen molar-refractivity contribution >= 4 is 17.8 Å². The molecule has 4 amide bonds. The van der Waals surface area contributed by atoms with Gasteiger partial charge in [-0.2, -0.15) is 0 Å². The summed E-state index contributed by atoms with van der Waals surface area (Å²) in [6, 6.07) is 4.84. The molecule has 0 bridgehead atoms. The van der Waals surface area contributed by atoms with Crippen LogP contribution in [-0.4, -0.2) is 39.8 Å². The van der Waals surface area contributed by atoms with E-state index in [2.05, 4.69) is 15.6 Å². The molecule has 1 aromatic heterocycles. The number of rotatable bonds is 6. The topological polar surface area (TPSA) is 91.4 Å². The molecular formula is C18H24N4O3. The van der Waals surface area contributed by atoms with Gasteiger partial charge in [-0.15, -0.1) is 0 Å². The van der Waals surface area contributed by atoms with Crippen molar-refractivity contribution in [3.8, 4) is 0 Å². The molecule has 134 valence electrons. The van der Waals surface area contributed by atoms with Crippen LogP contribution >= 0.6 is 0 Å². The van der Waals surface area contributed by atoms with E-state index in [1.165, 1.54) is 6.42 Å². The summed E-state index contributed by atoms with van der Waals surface area (Å²) in [6.07, 6.45) is 7.81. The third-order valence-corrected chi connectivity index (χ3v) is 4.90. The molecule has 1 aliphatic carbocycles. The molecule has 25 heavy (non-hydrogen) atoms. The summed E-state index contributed by atoms with van der Waals surface area (Å²) in [7, 11) is 0. The molecule has 0 radical (unpaired) electrons. The minimum atomic E-state index is -0.612. The number of hydrogen-bond donors (Lipinski definition) is 2. The van der Waals surface area contributed by atoms with Crippen molar-refractivity contribution in [2.24, 2.45) is 0 Å². The largest absolute Gasteiger partial charge is 0.334 e. The van der Waals surface area contributed by atoms with Crippen molar-refractivity contribution < 1.29 is 14.4 Å². The second-order valence-corrected chi connectivity index (χ2v) is 6.69. The van der Waals surface area contributed by atoms with Crippen molar-refractivity contribution in [1.29, 1.82) is 0 Å². The van der Waals surface area contributed by atoms with Crippen LogP contribution in [0.2, 0.25) is 0 Å². The molecule has 1 atom stereocenters. The summed E-state index contributed by atoms with van der Waals surface area (Å²) < 4.78 is 0. The summed E-state index contributed by atoms with van der Waals surface area (Å²) in [5.74, 6) is -0.335. The second kappa shape index (κ2) is 8.09. The van der Waals surface area contributed by atoms with Gasteiger partial charge in [0.25, 0.3) is 5.91 Å². The summed E-state index contributed by atoms with van der Waals surface area (Å²) >= 11 is 0. The SMILES string of the molecule is O=C1NC(=O)[C@H](CCC(=O)N(Cc2ccccn2)C2CCCCC2)N1. The second-order valence-electron chi connectivity index (χ2n) is 6.69. The number of pyridine rings is 1. The van der Waals surface area contributed by atoms with Crippen molar-refractivity contribution in [3.05, 3.63) is 30.1 Å². The lowest BCUT2D eigenvalue weighted by Crippen LogP contribution is -2.42. The van der Waals surface area contributed by atoms with Gasteiger partial charge in [-0.1, -0.05) is 25.3 Å².